The molecule has 0 aliphatic carbocycles. The van der Waals surface area contributed by atoms with Gasteiger partial charge in [0.05, 0.1) is 5.25 Å². The molecule has 1 N–H and O–H groups in total. The number of amides is 1. The Labute approximate surface area is 194 Å². The molecule has 5 nitrogen and oxygen atoms in total. The smallest absolute Gasteiger partial charge is 0.250 e. The van der Waals surface area contributed by atoms with Crippen LogP contribution in [0.4, 0.5) is 5.69 Å². The highest BCUT2D eigenvalue weighted by Gasteiger charge is 2.35. The Balaban J connectivity index is 1.39. The number of rotatable bonds is 3. The highest BCUT2D eigenvalue weighted by atomic mass is 35.5. The van der Waals surface area contributed by atoms with Gasteiger partial charge in [-0.25, -0.2) is 0 Å². The minimum atomic E-state index is -0.369. The van der Waals surface area contributed by atoms with Gasteiger partial charge in [0.2, 0.25) is 5.91 Å². The van der Waals surface area contributed by atoms with E-state index in [0.29, 0.717) is 26.0 Å². The second-order valence-electron chi connectivity index (χ2n) is 7.78. The lowest BCUT2D eigenvalue weighted by Gasteiger charge is -2.43. The number of thiocarbonyl (C=S) groups is 1. The van der Waals surface area contributed by atoms with Gasteiger partial charge in [0.15, 0.2) is 0 Å². The lowest BCUT2D eigenvalue weighted by molar-refractivity contribution is -0.115. The predicted molar refractivity (Wildman–Crippen MR) is 128 cm³/mol. The molecule has 158 valence electrons. The number of hydrogen-bond donors (Lipinski definition) is 1. The number of carbonyl (C=O) groups excluding carboxylic acids is 1. The van der Waals surface area contributed by atoms with Crippen LogP contribution in [0.2, 0.25) is 10.0 Å². The van der Waals surface area contributed by atoms with Gasteiger partial charge in [-0.15, -0.1) is 0 Å². The van der Waals surface area contributed by atoms with Gasteiger partial charge in [0.1, 0.15) is 4.32 Å². The number of nitrogens with one attached hydrogen (secondary N) is 1. The van der Waals surface area contributed by atoms with Crippen molar-refractivity contribution in [2.45, 2.75) is 31.1 Å². The van der Waals surface area contributed by atoms with E-state index in [1.54, 1.807) is 24.3 Å². The molecule has 2 aliphatic heterocycles. The number of pyridine rings is 1. The SMILES string of the molecule is C[C@@H](SC(=S)N1C[C@H]2C[C@@H](C1)c1cccc(=O)n1C2)C(=O)Nc1cc(Cl)cc(Cl)c1. The van der Waals surface area contributed by atoms with Crippen LogP contribution in [0.25, 0.3) is 0 Å². The summed E-state index contributed by atoms with van der Waals surface area (Å²) in [6.07, 6.45) is 1.07. The molecule has 0 radical (unpaired) electrons. The Hall–Kier alpha value is -1.54. The van der Waals surface area contributed by atoms with E-state index in [4.69, 9.17) is 35.4 Å². The van der Waals surface area contributed by atoms with E-state index in [1.165, 1.54) is 11.8 Å². The number of carbonyl (C=O) groups is 1. The van der Waals surface area contributed by atoms with Crippen LogP contribution < -0.4 is 10.9 Å². The summed E-state index contributed by atoms with van der Waals surface area (Å²) in [5.74, 6) is 0.505. The van der Waals surface area contributed by atoms with Crippen molar-refractivity contribution in [1.29, 1.82) is 0 Å². The fourth-order valence-electron chi connectivity index (χ4n) is 4.19. The number of piperidine rings is 1. The Morgan fingerprint density at radius 1 is 1.20 bits per heavy atom. The molecule has 1 aromatic carbocycles. The number of thioether (sulfide) groups is 1. The van der Waals surface area contributed by atoms with Crippen LogP contribution in [0, 0.1) is 5.92 Å². The first kappa shape index (κ1) is 21.7. The number of likely N-dealkylation sites (tertiary alicyclic amines) is 1. The van der Waals surface area contributed by atoms with E-state index >= 15 is 0 Å². The molecule has 3 heterocycles. The summed E-state index contributed by atoms with van der Waals surface area (Å²) in [4.78, 5) is 27.0. The van der Waals surface area contributed by atoms with Gasteiger partial charge in [-0.05, 0) is 43.5 Å². The van der Waals surface area contributed by atoms with E-state index in [9.17, 15) is 9.59 Å². The molecule has 3 atom stereocenters. The van der Waals surface area contributed by atoms with Gasteiger partial charge in [0.25, 0.3) is 5.56 Å². The van der Waals surface area contributed by atoms with Crippen LogP contribution in [0.5, 0.6) is 0 Å². The van der Waals surface area contributed by atoms with Crippen molar-refractivity contribution in [1.82, 2.24) is 9.47 Å². The predicted octanol–water partition coefficient (Wildman–Crippen LogP) is 4.62. The molecule has 2 aromatic rings. The Morgan fingerprint density at radius 3 is 2.67 bits per heavy atom. The molecule has 0 spiro atoms. The van der Waals surface area contributed by atoms with Crippen LogP contribution >= 0.6 is 47.2 Å². The number of nitrogens with zero attached hydrogens (tertiary/aromatic N) is 2. The second kappa shape index (κ2) is 8.91. The topological polar surface area (TPSA) is 54.3 Å². The van der Waals surface area contributed by atoms with Crippen molar-refractivity contribution in [2.75, 3.05) is 18.4 Å². The highest BCUT2D eigenvalue weighted by molar-refractivity contribution is 8.23. The minimum Gasteiger partial charge on any atom is -0.356 e. The first-order valence-corrected chi connectivity index (χ1v) is 11.8. The zero-order valence-electron chi connectivity index (χ0n) is 16.3. The molecular weight excluding hydrogens is 461 g/mol. The average molecular weight is 482 g/mol. The maximum Gasteiger partial charge on any atom is 0.250 e. The Kier molecular flexibility index (Phi) is 6.44. The molecule has 1 amide bonds. The minimum absolute atomic E-state index is 0.0685. The van der Waals surface area contributed by atoms with E-state index in [2.05, 4.69) is 10.2 Å². The third-order valence-corrected chi connectivity index (χ3v) is 7.53. The molecule has 1 fully saturated rings. The number of aromatic nitrogens is 1. The normalized spacial score (nSPS) is 21.0. The van der Waals surface area contributed by atoms with Crippen molar-refractivity contribution in [3.63, 3.8) is 0 Å². The van der Waals surface area contributed by atoms with Gasteiger partial charge < -0.3 is 14.8 Å². The van der Waals surface area contributed by atoms with Gasteiger partial charge in [-0.1, -0.05) is 53.2 Å². The fraction of sp³-hybridized carbons (Fsp3) is 0.381. The standard InChI is InChI=1S/C21H21Cl2N3O2S2/c1-12(20(28)24-17-7-15(22)6-16(23)8-17)30-21(29)25-9-13-5-14(11-25)18-3-2-4-19(27)26(18)10-13/h2-4,6-8,12-14H,5,9-11H2,1H3,(H,24,28)/t12-,13-,14+/m1/s1. The molecular formula is C21H21Cl2N3O2S2. The summed E-state index contributed by atoms with van der Waals surface area (Å²) < 4.78 is 2.61. The van der Waals surface area contributed by atoms with E-state index in [0.717, 1.165) is 31.7 Å². The van der Waals surface area contributed by atoms with E-state index in [-0.39, 0.29) is 22.6 Å². The van der Waals surface area contributed by atoms with E-state index in [1.807, 2.05) is 23.6 Å². The van der Waals surface area contributed by atoms with Gasteiger partial charge >= 0.3 is 0 Å². The lowest BCUT2D eigenvalue weighted by Crippen LogP contribution is -2.48. The molecule has 9 heteroatoms. The molecule has 4 rings (SSSR count). The number of benzene rings is 1. The van der Waals surface area contributed by atoms with Gasteiger partial charge in [-0.3, -0.25) is 9.59 Å². The average Bonchev–Trinajstić information content (AvgIpc) is 2.67. The van der Waals surface area contributed by atoms with Gasteiger partial charge in [0, 0.05) is 53.0 Å². The summed E-state index contributed by atoms with van der Waals surface area (Å²) in [6, 6.07) is 10.4. The molecule has 2 aliphatic rings. The zero-order chi connectivity index (χ0) is 21.4. The highest BCUT2D eigenvalue weighted by Crippen LogP contribution is 2.36. The number of fused-ring (bicyclic) bond motifs is 4. The fourth-order valence-corrected chi connectivity index (χ4v) is 6.07. The molecule has 0 saturated carbocycles. The molecule has 1 saturated heterocycles. The van der Waals surface area contributed by atoms with Crippen molar-refractivity contribution >= 4 is 63.1 Å². The summed E-state index contributed by atoms with van der Waals surface area (Å²) in [6.45, 7) is 4.13. The maximum absolute atomic E-state index is 12.6. The van der Waals surface area contributed by atoms with Crippen LogP contribution in [0.3, 0.4) is 0 Å². The van der Waals surface area contributed by atoms with Crippen molar-refractivity contribution in [3.8, 4) is 0 Å². The number of anilines is 1. The quantitative estimate of drug-likeness (QED) is 0.648. The summed E-state index contributed by atoms with van der Waals surface area (Å²) in [5.41, 5.74) is 1.71. The molecule has 0 unspecified atom stereocenters. The summed E-state index contributed by atoms with van der Waals surface area (Å²) >= 11 is 19.1. The van der Waals surface area contributed by atoms with Crippen LogP contribution in [-0.4, -0.2) is 38.0 Å². The van der Waals surface area contributed by atoms with Crippen LogP contribution in [0.1, 0.15) is 25.0 Å². The van der Waals surface area contributed by atoms with Crippen molar-refractivity contribution in [2.24, 2.45) is 5.92 Å². The van der Waals surface area contributed by atoms with Gasteiger partial charge in [-0.2, -0.15) is 0 Å². The largest absolute Gasteiger partial charge is 0.356 e. The third kappa shape index (κ3) is 4.69. The lowest BCUT2D eigenvalue weighted by atomic mass is 9.83. The first-order chi connectivity index (χ1) is 14.3. The number of hydrogen-bond acceptors (Lipinski definition) is 4. The Bertz CT molecular complexity index is 1040. The van der Waals surface area contributed by atoms with Crippen molar-refractivity contribution < 1.29 is 4.79 Å². The first-order valence-electron chi connectivity index (χ1n) is 9.72. The zero-order valence-corrected chi connectivity index (χ0v) is 19.5. The third-order valence-electron chi connectivity index (χ3n) is 5.51. The molecule has 1 aromatic heterocycles. The monoisotopic (exact) mass is 481 g/mol. The van der Waals surface area contributed by atoms with E-state index < -0.39 is 0 Å². The summed E-state index contributed by atoms with van der Waals surface area (Å²) in [7, 11) is 0. The molecule has 2 bridgehead atoms. The molecule has 30 heavy (non-hydrogen) atoms. The van der Waals surface area contributed by atoms with Crippen LogP contribution in [-0.2, 0) is 11.3 Å². The summed E-state index contributed by atoms with van der Waals surface area (Å²) in [5, 5.41) is 3.41. The Morgan fingerprint density at radius 2 is 1.93 bits per heavy atom. The van der Waals surface area contributed by atoms with Crippen LogP contribution in [0.15, 0.2) is 41.2 Å². The number of halogens is 2. The van der Waals surface area contributed by atoms with Crippen molar-refractivity contribution in [3.05, 3.63) is 62.5 Å². The maximum atomic E-state index is 12.6. The second-order valence-corrected chi connectivity index (χ2v) is 10.6.